The lowest BCUT2D eigenvalue weighted by molar-refractivity contribution is 0.0713. The lowest BCUT2D eigenvalue weighted by atomic mass is 9.63. The first-order valence-electron chi connectivity index (χ1n) is 4.31. The first-order valence-corrected chi connectivity index (χ1v) is 4.31. The number of rotatable bonds is 0. The van der Waals surface area contributed by atoms with Crippen LogP contribution in [-0.2, 0) is 0 Å². The van der Waals surface area contributed by atoms with Gasteiger partial charge in [0.25, 0.3) is 0 Å². The fourth-order valence-electron chi connectivity index (χ4n) is 4.80. The van der Waals surface area contributed by atoms with Gasteiger partial charge in [-0.05, 0) is 47.8 Å². The van der Waals surface area contributed by atoms with Gasteiger partial charge in [-0.15, -0.1) is 0 Å². The minimum Gasteiger partial charge on any atom is -0.0591 e. The molecule has 0 aliphatic heterocycles. The summed E-state index contributed by atoms with van der Waals surface area (Å²) in [6, 6.07) is 0. The van der Waals surface area contributed by atoms with E-state index in [1.807, 2.05) is 0 Å². The van der Waals surface area contributed by atoms with E-state index in [0.29, 0.717) is 0 Å². The highest BCUT2D eigenvalue weighted by atomic mass is 15.0. The second-order valence-electron chi connectivity index (χ2n) is 4.98. The van der Waals surface area contributed by atoms with Crippen LogP contribution < -0.4 is 0 Å². The van der Waals surface area contributed by atoms with Crippen LogP contribution in [0.5, 0.6) is 0 Å². The molecule has 0 aromatic carbocycles. The number of hydrogen-bond donors (Lipinski definition) is 0. The van der Waals surface area contributed by atoms with Crippen LogP contribution in [0.1, 0.15) is 26.2 Å². The molecule has 4 saturated carbocycles. The highest BCUT2D eigenvalue weighted by molar-refractivity contribution is 5.45. The quantitative estimate of drug-likeness (QED) is 0.459. The molecule has 0 heterocycles. The average Bonchev–Trinajstić information content (AvgIpc) is 2.56. The van der Waals surface area contributed by atoms with Crippen molar-refractivity contribution >= 4 is 0 Å². The van der Waals surface area contributed by atoms with Gasteiger partial charge in [-0.3, -0.25) is 0 Å². The SMILES string of the molecule is C[C@@]12CCC3C4C(C1)C342. The zero-order valence-electron chi connectivity index (χ0n) is 5.85. The van der Waals surface area contributed by atoms with Crippen molar-refractivity contribution in [2.75, 3.05) is 0 Å². The Morgan fingerprint density at radius 1 is 1.33 bits per heavy atom. The molecule has 9 heavy (non-hydrogen) atoms. The van der Waals surface area contributed by atoms with Crippen molar-refractivity contribution in [1.29, 1.82) is 0 Å². The molecule has 0 radical (unpaired) electrons. The molecule has 0 heteroatoms. The molecule has 4 unspecified atom stereocenters. The Balaban J connectivity index is 2.00. The lowest BCUT2D eigenvalue weighted by Gasteiger charge is -2.41. The van der Waals surface area contributed by atoms with Crippen molar-refractivity contribution in [3.8, 4) is 0 Å². The Morgan fingerprint density at radius 3 is 2.67 bits per heavy atom. The molecule has 0 N–H and O–H groups in total. The molecule has 4 aliphatic carbocycles. The van der Waals surface area contributed by atoms with E-state index in [-0.39, 0.29) is 0 Å². The second-order valence-corrected chi connectivity index (χ2v) is 4.98. The van der Waals surface area contributed by atoms with E-state index in [2.05, 4.69) is 6.92 Å². The molecule has 0 saturated heterocycles. The van der Waals surface area contributed by atoms with Crippen LogP contribution in [0.3, 0.4) is 0 Å². The summed E-state index contributed by atoms with van der Waals surface area (Å²) in [5.74, 6) is 3.78. The summed E-state index contributed by atoms with van der Waals surface area (Å²) < 4.78 is 0. The normalized spacial score (nSPS) is 87.0. The molecule has 1 spiro atoms. The Labute approximate surface area is 55.6 Å². The van der Waals surface area contributed by atoms with Crippen LogP contribution in [0.15, 0.2) is 0 Å². The summed E-state index contributed by atoms with van der Waals surface area (Å²) in [5, 5.41) is 0. The highest BCUT2D eigenvalue weighted by Gasteiger charge is 2.98. The van der Waals surface area contributed by atoms with Gasteiger partial charge in [0.2, 0.25) is 0 Å². The molecular formula is C9H12. The average molecular weight is 120 g/mol. The maximum absolute atomic E-state index is 2.54. The summed E-state index contributed by atoms with van der Waals surface area (Å²) in [6.07, 6.45) is 4.77. The maximum atomic E-state index is 2.54. The minimum absolute atomic E-state index is 0.882. The van der Waals surface area contributed by atoms with Gasteiger partial charge >= 0.3 is 0 Å². The zero-order valence-corrected chi connectivity index (χ0v) is 5.85. The summed E-state index contributed by atoms with van der Waals surface area (Å²) in [4.78, 5) is 0. The lowest BCUT2D eigenvalue weighted by Crippen LogP contribution is -2.34. The van der Waals surface area contributed by atoms with Crippen LogP contribution in [0.25, 0.3) is 0 Å². The number of fused-ring (bicyclic) bond motifs is 2. The summed E-state index contributed by atoms with van der Waals surface area (Å²) in [7, 11) is 0. The molecule has 0 aromatic rings. The molecule has 0 aromatic heterocycles. The van der Waals surface area contributed by atoms with Crippen molar-refractivity contribution < 1.29 is 0 Å². The molecule has 4 fully saturated rings. The van der Waals surface area contributed by atoms with E-state index in [1.54, 1.807) is 19.3 Å². The molecule has 0 amide bonds. The molecule has 4 rings (SSSR count). The Kier molecular flexibility index (Phi) is 0.302. The Hall–Kier alpha value is 0. The third kappa shape index (κ3) is 0.163. The van der Waals surface area contributed by atoms with E-state index in [0.717, 1.165) is 10.8 Å². The van der Waals surface area contributed by atoms with Crippen LogP contribution in [0, 0.1) is 28.6 Å². The summed E-state index contributed by atoms with van der Waals surface area (Å²) >= 11 is 0. The van der Waals surface area contributed by atoms with Crippen molar-refractivity contribution in [3.05, 3.63) is 0 Å². The summed E-state index contributed by atoms with van der Waals surface area (Å²) in [5.41, 5.74) is 1.90. The molecule has 0 nitrogen and oxygen atoms in total. The van der Waals surface area contributed by atoms with Crippen molar-refractivity contribution in [3.63, 3.8) is 0 Å². The van der Waals surface area contributed by atoms with Crippen molar-refractivity contribution in [2.45, 2.75) is 26.2 Å². The predicted molar refractivity (Wildman–Crippen MR) is 34.9 cm³/mol. The van der Waals surface area contributed by atoms with Crippen LogP contribution in [0.2, 0.25) is 0 Å². The van der Waals surface area contributed by atoms with Crippen LogP contribution in [-0.4, -0.2) is 0 Å². The Morgan fingerprint density at radius 2 is 2.22 bits per heavy atom. The van der Waals surface area contributed by atoms with Gasteiger partial charge in [0.15, 0.2) is 0 Å². The van der Waals surface area contributed by atoms with Gasteiger partial charge in [-0.2, -0.15) is 0 Å². The first-order chi connectivity index (χ1) is 4.31. The molecule has 4 aliphatic rings. The molecule has 48 valence electrons. The van der Waals surface area contributed by atoms with Gasteiger partial charge < -0.3 is 0 Å². The summed E-state index contributed by atoms with van der Waals surface area (Å²) in [6.45, 7) is 2.54. The molecule has 5 atom stereocenters. The van der Waals surface area contributed by atoms with E-state index in [9.17, 15) is 0 Å². The van der Waals surface area contributed by atoms with Crippen LogP contribution >= 0.6 is 0 Å². The second kappa shape index (κ2) is 0.681. The Bertz CT molecular complexity index is 210. The van der Waals surface area contributed by atoms with E-state index in [4.69, 9.17) is 0 Å². The van der Waals surface area contributed by atoms with Gasteiger partial charge in [-0.1, -0.05) is 6.92 Å². The first kappa shape index (κ1) is 4.00. The van der Waals surface area contributed by atoms with Crippen molar-refractivity contribution in [2.24, 2.45) is 28.6 Å². The van der Waals surface area contributed by atoms with E-state index >= 15 is 0 Å². The fraction of sp³-hybridized carbons (Fsp3) is 1.00. The van der Waals surface area contributed by atoms with Gasteiger partial charge in [0.05, 0.1) is 0 Å². The smallest absolute Gasteiger partial charge is 0.0147 e. The predicted octanol–water partition coefficient (Wildman–Crippen LogP) is 2.05. The molecule has 0 bridgehead atoms. The van der Waals surface area contributed by atoms with Gasteiger partial charge in [0, 0.05) is 0 Å². The standard InChI is InChI=1S/C9H12/c1-8-3-2-5-7-6(4-8)9(5,7)8/h5-7H,2-4H2,1H3/t5?,6?,7?,8-,9?/m1/s1. The topological polar surface area (TPSA) is 0 Å². The zero-order chi connectivity index (χ0) is 5.85. The van der Waals surface area contributed by atoms with Crippen molar-refractivity contribution in [1.82, 2.24) is 0 Å². The van der Waals surface area contributed by atoms with Crippen LogP contribution in [0.4, 0.5) is 0 Å². The van der Waals surface area contributed by atoms with E-state index in [1.165, 1.54) is 17.8 Å². The number of hydrogen-bond acceptors (Lipinski definition) is 0. The fourth-order valence-corrected chi connectivity index (χ4v) is 4.80. The monoisotopic (exact) mass is 120 g/mol. The maximum Gasteiger partial charge on any atom is -0.0147 e. The van der Waals surface area contributed by atoms with Gasteiger partial charge in [-0.25, -0.2) is 0 Å². The third-order valence-corrected chi connectivity index (χ3v) is 5.15. The highest BCUT2D eigenvalue weighted by Crippen LogP contribution is 3.03. The third-order valence-electron chi connectivity index (χ3n) is 5.15. The largest absolute Gasteiger partial charge is 0.0591 e. The van der Waals surface area contributed by atoms with Gasteiger partial charge in [0.1, 0.15) is 0 Å². The molecular weight excluding hydrogens is 108 g/mol. The minimum atomic E-state index is 0.882. The van der Waals surface area contributed by atoms with E-state index < -0.39 is 0 Å².